The fourth-order valence-electron chi connectivity index (χ4n) is 1.68. The smallest absolute Gasteiger partial charge is 0.374 e. The maximum Gasteiger partial charge on any atom is 0.374 e. The minimum absolute atomic E-state index is 0.0342. The maximum absolute atomic E-state index is 14.0. The molecular weight excluding hydrogens is 273 g/mol. The minimum atomic E-state index is -1.35. The van der Waals surface area contributed by atoms with Crippen LogP contribution in [0, 0.1) is 5.82 Å². The van der Waals surface area contributed by atoms with Gasteiger partial charge in [-0.3, -0.25) is 0 Å². The van der Waals surface area contributed by atoms with E-state index in [1.54, 1.807) is 0 Å². The first-order chi connectivity index (χ1) is 9.49. The monoisotopic (exact) mass is 283 g/mol. The zero-order chi connectivity index (χ0) is 14.9. The van der Waals surface area contributed by atoms with Crippen LogP contribution in [0.4, 0.5) is 4.39 Å². The molecule has 0 aliphatic rings. The summed E-state index contributed by atoms with van der Waals surface area (Å²) in [6.45, 7) is 0. The highest BCUT2D eigenvalue weighted by Crippen LogP contribution is 2.43. The molecule has 1 aromatic carbocycles. The molecule has 0 saturated carbocycles. The molecule has 0 unspecified atom stereocenters. The lowest BCUT2D eigenvalue weighted by Crippen LogP contribution is -1.97. The van der Waals surface area contributed by atoms with Crippen molar-refractivity contribution in [2.45, 2.75) is 0 Å². The maximum atomic E-state index is 14.0. The van der Waals surface area contributed by atoms with E-state index >= 15 is 0 Å². The molecule has 1 aromatic heterocycles. The van der Waals surface area contributed by atoms with Crippen molar-refractivity contribution in [2.75, 3.05) is 14.2 Å². The van der Waals surface area contributed by atoms with Crippen LogP contribution in [-0.4, -0.2) is 35.6 Å². The van der Waals surface area contributed by atoms with Gasteiger partial charge in [-0.05, 0) is 0 Å². The second-order valence-electron chi connectivity index (χ2n) is 3.70. The Hall–Kier alpha value is -2.77. The molecule has 0 aliphatic carbocycles. The topological polar surface area (TPSA) is 102 Å². The number of carboxylic acid groups (broad SMARTS) is 1. The molecule has 0 spiro atoms. The zero-order valence-corrected chi connectivity index (χ0v) is 10.5. The predicted octanol–water partition coefficient (Wildman–Crippen LogP) is 1.90. The predicted molar refractivity (Wildman–Crippen MR) is 63.6 cm³/mol. The van der Waals surface area contributed by atoms with E-state index in [1.165, 1.54) is 14.2 Å². The Bertz CT molecular complexity index is 666. The van der Waals surface area contributed by atoms with Crippen molar-refractivity contribution in [1.82, 2.24) is 5.16 Å². The number of aromatic nitrogens is 1. The highest BCUT2D eigenvalue weighted by Gasteiger charge is 2.25. The number of benzene rings is 1. The Labute approximate surface area is 112 Å². The van der Waals surface area contributed by atoms with Gasteiger partial charge in [0, 0.05) is 12.1 Å². The van der Waals surface area contributed by atoms with Gasteiger partial charge >= 0.3 is 5.97 Å². The van der Waals surface area contributed by atoms with Crippen LogP contribution >= 0.6 is 0 Å². The second-order valence-corrected chi connectivity index (χ2v) is 3.70. The van der Waals surface area contributed by atoms with E-state index in [1.807, 2.05) is 0 Å². The number of nitrogens with zero attached hydrogens (tertiary/aromatic N) is 1. The second kappa shape index (κ2) is 5.08. The first kappa shape index (κ1) is 13.7. The average Bonchev–Trinajstić information content (AvgIpc) is 2.90. The molecular formula is C12H10FNO6. The van der Waals surface area contributed by atoms with E-state index in [-0.39, 0.29) is 22.8 Å². The van der Waals surface area contributed by atoms with Gasteiger partial charge in [-0.2, -0.15) is 0 Å². The third-order valence-electron chi connectivity index (χ3n) is 2.56. The molecule has 0 atom stereocenters. The van der Waals surface area contributed by atoms with E-state index in [9.17, 15) is 14.3 Å². The van der Waals surface area contributed by atoms with Gasteiger partial charge in [0.15, 0.2) is 23.1 Å². The fraction of sp³-hybridized carbons (Fsp3) is 0.167. The number of hydrogen-bond donors (Lipinski definition) is 2. The van der Waals surface area contributed by atoms with E-state index < -0.39 is 23.3 Å². The lowest BCUT2D eigenvalue weighted by molar-refractivity contribution is 0.0652. The average molecular weight is 283 g/mol. The summed E-state index contributed by atoms with van der Waals surface area (Å²) in [5.74, 6) is -3.49. The SMILES string of the molecule is COc1cc(O)c(F)c(-c2cc(C(=O)O)on2)c1OC. The van der Waals surface area contributed by atoms with Crippen molar-refractivity contribution >= 4 is 5.97 Å². The van der Waals surface area contributed by atoms with E-state index in [2.05, 4.69) is 9.68 Å². The summed E-state index contributed by atoms with van der Waals surface area (Å²) in [6.07, 6.45) is 0. The van der Waals surface area contributed by atoms with Gasteiger partial charge < -0.3 is 24.2 Å². The Kier molecular flexibility index (Phi) is 3.47. The number of carbonyl (C=O) groups is 1. The molecule has 0 radical (unpaired) electrons. The summed E-state index contributed by atoms with van der Waals surface area (Å²) in [4.78, 5) is 10.7. The molecule has 2 aromatic rings. The molecule has 0 fully saturated rings. The Morgan fingerprint density at radius 1 is 1.35 bits per heavy atom. The number of hydrogen-bond acceptors (Lipinski definition) is 6. The number of phenolic OH excluding ortho intramolecular Hbond substituents is 1. The molecule has 2 rings (SSSR count). The van der Waals surface area contributed by atoms with Crippen molar-refractivity contribution in [1.29, 1.82) is 0 Å². The van der Waals surface area contributed by atoms with Crippen molar-refractivity contribution in [3.63, 3.8) is 0 Å². The summed E-state index contributed by atoms with van der Waals surface area (Å²) in [5, 5.41) is 21.7. The number of ether oxygens (including phenoxy) is 2. The van der Waals surface area contributed by atoms with E-state index in [0.717, 1.165) is 12.1 Å². The van der Waals surface area contributed by atoms with Gasteiger partial charge in [0.2, 0.25) is 5.76 Å². The summed E-state index contributed by atoms with van der Waals surface area (Å²) < 4.78 is 28.6. The standard InChI is InChI=1S/C12H10FNO6/c1-18-7-4-6(15)10(13)9(11(7)19-2)5-3-8(12(16)17)20-14-5/h3-4,15H,1-2H3,(H,16,17). The van der Waals surface area contributed by atoms with Crippen LogP contribution in [0.2, 0.25) is 0 Å². The van der Waals surface area contributed by atoms with E-state index in [0.29, 0.717) is 0 Å². The summed E-state index contributed by atoms with van der Waals surface area (Å²) in [7, 11) is 2.58. The Morgan fingerprint density at radius 2 is 2.05 bits per heavy atom. The Balaban J connectivity index is 2.70. The van der Waals surface area contributed by atoms with Crippen molar-refractivity contribution in [3.8, 4) is 28.5 Å². The quantitative estimate of drug-likeness (QED) is 0.883. The van der Waals surface area contributed by atoms with Crippen LogP contribution < -0.4 is 9.47 Å². The molecule has 1 heterocycles. The molecule has 106 valence electrons. The number of phenols is 1. The number of aromatic carboxylic acids is 1. The highest BCUT2D eigenvalue weighted by atomic mass is 19.1. The van der Waals surface area contributed by atoms with Gasteiger partial charge in [-0.15, -0.1) is 0 Å². The molecule has 20 heavy (non-hydrogen) atoms. The first-order valence-corrected chi connectivity index (χ1v) is 5.33. The summed E-state index contributed by atoms with van der Waals surface area (Å²) in [5.41, 5.74) is -0.383. The zero-order valence-electron chi connectivity index (χ0n) is 10.5. The molecule has 0 aliphatic heterocycles. The van der Waals surface area contributed by atoms with Crippen LogP contribution in [0.1, 0.15) is 10.6 Å². The first-order valence-electron chi connectivity index (χ1n) is 5.33. The van der Waals surface area contributed by atoms with Crippen LogP contribution in [0.3, 0.4) is 0 Å². The van der Waals surface area contributed by atoms with Gasteiger partial charge in [-0.1, -0.05) is 5.16 Å². The number of aromatic hydroxyl groups is 1. The summed E-state index contributed by atoms with van der Waals surface area (Å²) >= 11 is 0. The fourth-order valence-corrected chi connectivity index (χ4v) is 1.68. The molecule has 2 N–H and O–H groups in total. The van der Waals surface area contributed by atoms with E-state index in [4.69, 9.17) is 14.6 Å². The molecule has 0 amide bonds. The van der Waals surface area contributed by atoms with Crippen molar-refractivity contribution in [2.24, 2.45) is 0 Å². The van der Waals surface area contributed by atoms with Crippen molar-refractivity contribution in [3.05, 3.63) is 23.7 Å². The lowest BCUT2D eigenvalue weighted by Gasteiger charge is -2.12. The highest BCUT2D eigenvalue weighted by molar-refractivity contribution is 5.86. The molecule has 0 saturated heterocycles. The third-order valence-corrected chi connectivity index (χ3v) is 2.56. The van der Waals surface area contributed by atoms with Gasteiger partial charge in [0.05, 0.1) is 19.8 Å². The largest absolute Gasteiger partial charge is 0.505 e. The van der Waals surface area contributed by atoms with Gasteiger partial charge in [0.25, 0.3) is 0 Å². The Morgan fingerprint density at radius 3 is 2.55 bits per heavy atom. The number of carboxylic acids is 1. The van der Waals surface area contributed by atoms with Crippen molar-refractivity contribution < 1.29 is 33.4 Å². The van der Waals surface area contributed by atoms with Gasteiger partial charge in [-0.25, -0.2) is 9.18 Å². The molecule has 7 nitrogen and oxygen atoms in total. The lowest BCUT2D eigenvalue weighted by atomic mass is 10.1. The molecule has 8 heteroatoms. The number of methoxy groups -OCH3 is 2. The third kappa shape index (κ3) is 2.11. The normalized spacial score (nSPS) is 10.3. The number of halogens is 1. The van der Waals surface area contributed by atoms with Crippen LogP contribution in [0.15, 0.2) is 16.7 Å². The minimum Gasteiger partial charge on any atom is -0.505 e. The van der Waals surface area contributed by atoms with Crippen LogP contribution in [0.25, 0.3) is 11.3 Å². The molecule has 0 bridgehead atoms. The van der Waals surface area contributed by atoms with Crippen LogP contribution in [0.5, 0.6) is 17.2 Å². The van der Waals surface area contributed by atoms with Gasteiger partial charge in [0.1, 0.15) is 5.69 Å². The van der Waals surface area contributed by atoms with Crippen LogP contribution in [-0.2, 0) is 0 Å². The summed E-state index contributed by atoms with van der Waals surface area (Å²) in [6, 6.07) is 2.05. The number of rotatable bonds is 4.